The van der Waals surface area contributed by atoms with Gasteiger partial charge in [0.15, 0.2) is 11.5 Å². The van der Waals surface area contributed by atoms with Gasteiger partial charge in [-0.3, -0.25) is 14.0 Å². The summed E-state index contributed by atoms with van der Waals surface area (Å²) in [5.41, 5.74) is 3.05. The molecule has 1 saturated carbocycles. The fraction of sp³-hybridized carbons (Fsp3) is 0.500. The molecule has 0 aromatic carbocycles. The molecule has 1 aliphatic carbocycles. The summed E-state index contributed by atoms with van der Waals surface area (Å²) in [6.45, 7) is 5.56. The number of nitrogens with zero attached hydrogens (tertiary/aromatic N) is 7. The summed E-state index contributed by atoms with van der Waals surface area (Å²) in [6, 6.07) is 0. The summed E-state index contributed by atoms with van der Waals surface area (Å²) in [7, 11) is 1.93. The Kier molecular flexibility index (Phi) is 3.48. The van der Waals surface area contributed by atoms with E-state index in [1.54, 1.807) is 0 Å². The fourth-order valence-electron chi connectivity index (χ4n) is 3.70. The molecular formula is C18H23N7. The summed E-state index contributed by atoms with van der Waals surface area (Å²) < 4.78 is 3.94. The van der Waals surface area contributed by atoms with Gasteiger partial charge in [-0.1, -0.05) is 0 Å². The van der Waals surface area contributed by atoms with E-state index < -0.39 is 0 Å². The van der Waals surface area contributed by atoms with Crippen LogP contribution < -0.4 is 4.90 Å². The Bertz CT molecular complexity index is 884. The normalized spacial score (nSPS) is 19.0. The van der Waals surface area contributed by atoms with Gasteiger partial charge in [0.1, 0.15) is 0 Å². The second-order valence-electron chi connectivity index (χ2n) is 7.22. The first kappa shape index (κ1) is 14.9. The Balaban J connectivity index is 1.41. The second kappa shape index (κ2) is 5.84. The minimum atomic E-state index is 0.928. The first-order chi connectivity index (χ1) is 12.3. The van der Waals surface area contributed by atoms with Crippen molar-refractivity contribution < 1.29 is 0 Å². The molecule has 1 saturated heterocycles. The molecule has 0 atom stereocenters. The van der Waals surface area contributed by atoms with Crippen molar-refractivity contribution in [2.75, 3.05) is 37.6 Å². The molecule has 3 aromatic heterocycles. The van der Waals surface area contributed by atoms with Crippen molar-refractivity contribution in [1.82, 2.24) is 29.0 Å². The predicted molar refractivity (Wildman–Crippen MR) is 96.6 cm³/mol. The van der Waals surface area contributed by atoms with Crippen LogP contribution in [0.25, 0.3) is 16.9 Å². The van der Waals surface area contributed by atoms with Gasteiger partial charge in [-0.15, -0.1) is 0 Å². The molecule has 5 rings (SSSR count). The zero-order valence-electron chi connectivity index (χ0n) is 14.5. The van der Waals surface area contributed by atoms with Gasteiger partial charge in [0, 0.05) is 63.9 Å². The van der Waals surface area contributed by atoms with E-state index in [0.717, 1.165) is 54.8 Å². The highest BCUT2D eigenvalue weighted by Gasteiger charge is 2.27. The smallest absolute Gasteiger partial charge is 0.180 e. The molecular weight excluding hydrogens is 314 g/mol. The lowest BCUT2D eigenvalue weighted by molar-refractivity contribution is 0.247. The van der Waals surface area contributed by atoms with Crippen molar-refractivity contribution in [3.8, 4) is 11.3 Å². The van der Waals surface area contributed by atoms with Gasteiger partial charge in [0.25, 0.3) is 0 Å². The first-order valence-corrected chi connectivity index (χ1v) is 9.06. The third-order valence-corrected chi connectivity index (χ3v) is 5.30. The maximum atomic E-state index is 4.67. The van der Waals surface area contributed by atoms with E-state index >= 15 is 0 Å². The third-order valence-electron chi connectivity index (χ3n) is 5.30. The molecule has 0 unspecified atom stereocenters. The van der Waals surface area contributed by atoms with Crippen molar-refractivity contribution in [3.63, 3.8) is 0 Å². The quantitative estimate of drug-likeness (QED) is 0.725. The molecule has 0 radical (unpaired) electrons. The summed E-state index contributed by atoms with van der Waals surface area (Å²) in [4.78, 5) is 14.3. The number of hydrogen-bond acceptors (Lipinski definition) is 5. The van der Waals surface area contributed by atoms with Gasteiger partial charge in [0.05, 0.1) is 18.1 Å². The van der Waals surface area contributed by atoms with Crippen LogP contribution in [-0.2, 0) is 7.05 Å². The number of rotatable bonds is 4. The average Bonchev–Trinajstić information content (AvgIpc) is 3.17. The first-order valence-electron chi connectivity index (χ1n) is 9.06. The zero-order valence-corrected chi connectivity index (χ0v) is 14.5. The lowest BCUT2D eigenvalue weighted by Crippen LogP contribution is -2.47. The molecule has 1 aliphatic heterocycles. The van der Waals surface area contributed by atoms with Crippen molar-refractivity contribution in [3.05, 3.63) is 31.0 Å². The summed E-state index contributed by atoms with van der Waals surface area (Å²) in [6.07, 6.45) is 12.5. The summed E-state index contributed by atoms with van der Waals surface area (Å²) >= 11 is 0. The lowest BCUT2D eigenvalue weighted by atomic mass is 10.2. The number of aryl methyl sites for hydroxylation is 1. The van der Waals surface area contributed by atoms with E-state index in [1.807, 2.05) is 42.7 Å². The number of piperazine rings is 1. The van der Waals surface area contributed by atoms with E-state index in [1.165, 1.54) is 19.4 Å². The molecule has 7 heteroatoms. The highest BCUT2D eigenvalue weighted by atomic mass is 15.3. The van der Waals surface area contributed by atoms with Crippen LogP contribution in [-0.4, -0.2) is 61.8 Å². The Labute approximate surface area is 146 Å². The topological polar surface area (TPSA) is 54.5 Å². The SMILES string of the molecule is Cn1cc(-c2cnc3c(N4CCN(CC5CC5)CC4)nccn23)cn1. The van der Waals surface area contributed by atoms with E-state index in [9.17, 15) is 0 Å². The highest BCUT2D eigenvalue weighted by Crippen LogP contribution is 2.30. The molecule has 2 aliphatic rings. The third kappa shape index (κ3) is 2.78. The van der Waals surface area contributed by atoms with Gasteiger partial charge >= 0.3 is 0 Å². The van der Waals surface area contributed by atoms with Gasteiger partial charge < -0.3 is 4.90 Å². The number of hydrogen-bond donors (Lipinski definition) is 0. The molecule has 0 N–H and O–H groups in total. The van der Waals surface area contributed by atoms with Crippen LogP contribution in [0, 0.1) is 5.92 Å². The number of anilines is 1. The number of aromatic nitrogens is 5. The molecule has 2 fully saturated rings. The summed E-state index contributed by atoms with van der Waals surface area (Å²) in [5.74, 6) is 1.95. The molecule has 0 amide bonds. The van der Waals surface area contributed by atoms with Gasteiger partial charge in [-0.2, -0.15) is 5.10 Å². The Morgan fingerprint density at radius 2 is 1.92 bits per heavy atom. The minimum Gasteiger partial charge on any atom is -0.351 e. The lowest BCUT2D eigenvalue weighted by Gasteiger charge is -2.35. The Hall–Kier alpha value is -2.41. The van der Waals surface area contributed by atoms with Crippen molar-refractivity contribution in [1.29, 1.82) is 0 Å². The van der Waals surface area contributed by atoms with Crippen LogP contribution in [0.3, 0.4) is 0 Å². The largest absolute Gasteiger partial charge is 0.351 e. The Morgan fingerprint density at radius 3 is 2.64 bits per heavy atom. The maximum Gasteiger partial charge on any atom is 0.180 e. The van der Waals surface area contributed by atoms with Gasteiger partial charge in [0.2, 0.25) is 0 Å². The van der Waals surface area contributed by atoms with E-state index in [-0.39, 0.29) is 0 Å². The van der Waals surface area contributed by atoms with Gasteiger partial charge in [-0.05, 0) is 18.8 Å². The zero-order chi connectivity index (χ0) is 16.8. The molecule has 7 nitrogen and oxygen atoms in total. The van der Waals surface area contributed by atoms with E-state index in [0.29, 0.717) is 0 Å². The molecule has 0 spiro atoms. The highest BCUT2D eigenvalue weighted by molar-refractivity contribution is 5.70. The Morgan fingerprint density at radius 1 is 1.08 bits per heavy atom. The van der Waals surface area contributed by atoms with Gasteiger partial charge in [-0.25, -0.2) is 9.97 Å². The van der Waals surface area contributed by atoms with Crippen LogP contribution >= 0.6 is 0 Å². The predicted octanol–water partition coefficient (Wildman–Crippen LogP) is 1.66. The molecule has 4 heterocycles. The van der Waals surface area contributed by atoms with E-state index in [2.05, 4.69) is 29.3 Å². The number of fused-ring (bicyclic) bond motifs is 1. The van der Waals surface area contributed by atoms with Crippen molar-refractivity contribution in [2.24, 2.45) is 13.0 Å². The second-order valence-corrected chi connectivity index (χ2v) is 7.22. The maximum absolute atomic E-state index is 4.67. The molecule has 25 heavy (non-hydrogen) atoms. The van der Waals surface area contributed by atoms with Crippen LogP contribution in [0.4, 0.5) is 5.82 Å². The van der Waals surface area contributed by atoms with Crippen LogP contribution in [0.2, 0.25) is 0 Å². The average molecular weight is 337 g/mol. The van der Waals surface area contributed by atoms with Crippen molar-refractivity contribution in [2.45, 2.75) is 12.8 Å². The van der Waals surface area contributed by atoms with E-state index in [4.69, 9.17) is 0 Å². The molecule has 3 aromatic rings. The van der Waals surface area contributed by atoms with Crippen molar-refractivity contribution >= 4 is 11.5 Å². The van der Waals surface area contributed by atoms with Crippen LogP contribution in [0.5, 0.6) is 0 Å². The number of imidazole rings is 1. The monoisotopic (exact) mass is 337 g/mol. The molecule has 0 bridgehead atoms. The standard InChI is InChI=1S/C18H23N7/c1-22-13-15(10-21-22)16-11-20-18-17(19-4-5-25(16)18)24-8-6-23(7-9-24)12-14-2-3-14/h4-5,10-11,13-14H,2-3,6-9,12H2,1H3. The molecule has 130 valence electrons. The summed E-state index contributed by atoms with van der Waals surface area (Å²) in [5, 5.41) is 4.27. The minimum absolute atomic E-state index is 0.928. The fourth-order valence-corrected chi connectivity index (χ4v) is 3.70. The van der Waals surface area contributed by atoms with Crippen LogP contribution in [0.1, 0.15) is 12.8 Å². The van der Waals surface area contributed by atoms with Crippen LogP contribution in [0.15, 0.2) is 31.0 Å².